The molecule has 0 saturated carbocycles. The van der Waals surface area contributed by atoms with Gasteiger partial charge in [0.05, 0.1) is 4.90 Å². The Labute approximate surface area is 110 Å². The maximum Gasteiger partial charge on any atom is 0.238 e. The lowest BCUT2D eigenvalue weighted by molar-refractivity contribution is 0.511. The number of primary sulfonamides is 1. The Bertz CT molecular complexity index is 510. The topological polar surface area (TPSA) is 72.2 Å². The fraction of sp³-hybridized carbons (Fsp3) is 0.538. The summed E-state index contributed by atoms with van der Waals surface area (Å²) in [6, 6.07) is 5.23. The number of rotatable bonds is 5. The van der Waals surface area contributed by atoms with E-state index in [9.17, 15) is 8.42 Å². The van der Waals surface area contributed by atoms with Crippen LogP contribution in [0.5, 0.6) is 0 Å². The molecule has 0 heterocycles. The molecule has 0 aromatic heterocycles. The van der Waals surface area contributed by atoms with Crippen LogP contribution in [0.1, 0.15) is 32.8 Å². The van der Waals surface area contributed by atoms with Crippen molar-refractivity contribution in [3.05, 3.63) is 23.8 Å². The average Bonchev–Trinajstić information content (AvgIpc) is 2.25. The van der Waals surface area contributed by atoms with Crippen LogP contribution in [0.2, 0.25) is 0 Å². The number of aryl methyl sites for hydroxylation is 1. The van der Waals surface area contributed by atoms with E-state index < -0.39 is 10.0 Å². The first-order valence-corrected chi connectivity index (χ1v) is 7.70. The van der Waals surface area contributed by atoms with E-state index in [1.807, 2.05) is 6.92 Å². The highest BCUT2D eigenvalue weighted by Crippen LogP contribution is 2.22. The van der Waals surface area contributed by atoms with Gasteiger partial charge in [0.15, 0.2) is 0 Å². The standard InChI is InChI=1S/C13H22N2O2S/c1-5-12(9(2)3)15-13-8-11(18(14,16)17)7-6-10(13)4/h6-9,12,15H,5H2,1-4H3,(H2,14,16,17). The Hall–Kier alpha value is -1.07. The van der Waals surface area contributed by atoms with Crippen molar-refractivity contribution in [1.82, 2.24) is 0 Å². The molecule has 0 radical (unpaired) electrons. The number of anilines is 1. The lowest BCUT2D eigenvalue weighted by Gasteiger charge is -2.23. The summed E-state index contributed by atoms with van der Waals surface area (Å²) in [4.78, 5) is 0.147. The van der Waals surface area contributed by atoms with Crippen molar-refractivity contribution in [3.8, 4) is 0 Å². The highest BCUT2D eigenvalue weighted by molar-refractivity contribution is 7.89. The monoisotopic (exact) mass is 270 g/mol. The molecule has 0 amide bonds. The Kier molecular flexibility index (Phi) is 4.76. The normalized spacial score (nSPS) is 13.7. The van der Waals surface area contributed by atoms with E-state index in [-0.39, 0.29) is 4.90 Å². The summed E-state index contributed by atoms with van der Waals surface area (Å²) >= 11 is 0. The number of nitrogens with one attached hydrogen (secondary N) is 1. The Morgan fingerprint density at radius 3 is 2.39 bits per heavy atom. The first-order chi connectivity index (χ1) is 8.25. The third-order valence-electron chi connectivity index (χ3n) is 3.12. The molecule has 0 spiro atoms. The van der Waals surface area contributed by atoms with Crippen LogP contribution in [-0.4, -0.2) is 14.5 Å². The van der Waals surface area contributed by atoms with Gasteiger partial charge in [0.25, 0.3) is 0 Å². The van der Waals surface area contributed by atoms with Crippen LogP contribution in [0.15, 0.2) is 23.1 Å². The largest absolute Gasteiger partial charge is 0.382 e. The number of sulfonamides is 1. The minimum Gasteiger partial charge on any atom is -0.382 e. The minimum atomic E-state index is -3.64. The molecule has 1 rings (SSSR count). The number of hydrogen-bond donors (Lipinski definition) is 2. The molecule has 1 unspecified atom stereocenters. The highest BCUT2D eigenvalue weighted by atomic mass is 32.2. The number of hydrogen-bond acceptors (Lipinski definition) is 3. The van der Waals surface area contributed by atoms with E-state index in [2.05, 4.69) is 26.1 Å². The van der Waals surface area contributed by atoms with E-state index in [1.165, 1.54) is 6.07 Å². The minimum absolute atomic E-state index is 0.147. The molecule has 0 saturated heterocycles. The van der Waals surface area contributed by atoms with Gasteiger partial charge >= 0.3 is 0 Å². The van der Waals surface area contributed by atoms with E-state index >= 15 is 0 Å². The number of nitrogens with two attached hydrogens (primary N) is 1. The van der Waals surface area contributed by atoms with E-state index in [0.717, 1.165) is 17.7 Å². The molecule has 1 aromatic carbocycles. The molecule has 1 aromatic rings. The van der Waals surface area contributed by atoms with Crippen LogP contribution in [-0.2, 0) is 10.0 Å². The molecular formula is C13H22N2O2S. The van der Waals surface area contributed by atoms with Gasteiger partial charge in [0.2, 0.25) is 10.0 Å². The van der Waals surface area contributed by atoms with Gasteiger partial charge < -0.3 is 5.32 Å². The van der Waals surface area contributed by atoms with Crippen LogP contribution in [0, 0.1) is 12.8 Å². The van der Waals surface area contributed by atoms with Gasteiger partial charge in [-0.25, -0.2) is 13.6 Å². The van der Waals surface area contributed by atoms with Crippen LogP contribution < -0.4 is 10.5 Å². The van der Waals surface area contributed by atoms with Crippen LogP contribution in [0.4, 0.5) is 5.69 Å². The quantitative estimate of drug-likeness (QED) is 0.863. The Morgan fingerprint density at radius 2 is 1.94 bits per heavy atom. The second-order valence-corrected chi connectivity index (χ2v) is 6.49. The summed E-state index contributed by atoms with van der Waals surface area (Å²) in [7, 11) is -3.64. The van der Waals surface area contributed by atoms with Crippen molar-refractivity contribution in [1.29, 1.82) is 0 Å². The smallest absolute Gasteiger partial charge is 0.238 e. The molecule has 5 heteroatoms. The Balaban J connectivity index is 3.09. The fourth-order valence-electron chi connectivity index (χ4n) is 1.87. The van der Waals surface area contributed by atoms with Crippen LogP contribution in [0.3, 0.4) is 0 Å². The molecule has 4 nitrogen and oxygen atoms in total. The van der Waals surface area contributed by atoms with Crippen molar-refractivity contribution < 1.29 is 8.42 Å². The molecule has 1 atom stereocenters. The molecule has 3 N–H and O–H groups in total. The molecule has 0 aliphatic rings. The van der Waals surface area contributed by atoms with Crippen molar-refractivity contribution in [2.24, 2.45) is 11.1 Å². The second kappa shape index (κ2) is 5.71. The van der Waals surface area contributed by atoms with Gasteiger partial charge in [-0.1, -0.05) is 26.8 Å². The summed E-state index contributed by atoms with van der Waals surface area (Å²) in [5.74, 6) is 0.479. The molecule has 0 bridgehead atoms. The van der Waals surface area contributed by atoms with Crippen LogP contribution in [0.25, 0.3) is 0 Å². The van der Waals surface area contributed by atoms with Crippen molar-refractivity contribution in [2.75, 3.05) is 5.32 Å². The van der Waals surface area contributed by atoms with Gasteiger partial charge in [-0.15, -0.1) is 0 Å². The van der Waals surface area contributed by atoms with Gasteiger partial charge in [-0.3, -0.25) is 0 Å². The first kappa shape index (κ1) is 15.0. The van der Waals surface area contributed by atoms with Crippen LogP contribution >= 0.6 is 0 Å². The van der Waals surface area contributed by atoms with Gasteiger partial charge in [-0.05, 0) is 37.0 Å². The molecule has 102 valence electrons. The molecule has 0 fully saturated rings. The van der Waals surface area contributed by atoms with Crippen molar-refractivity contribution >= 4 is 15.7 Å². The van der Waals surface area contributed by atoms with E-state index in [1.54, 1.807) is 12.1 Å². The summed E-state index contributed by atoms with van der Waals surface area (Å²) in [5, 5.41) is 8.53. The highest BCUT2D eigenvalue weighted by Gasteiger charge is 2.14. The molecule has 0 aliphatic heterocycles. The predicted octanol–water partition coefficient (Wildman–Crippen LogP) is 2.49. The third kappa shape index (κ3) is 3.71. The maximum absolute atomic E-state index is 11.3. The van der Waals surface area contributed by atoms with Gasteiger partial charge in [0, 0.05) is 11.7 Å². The van der Waals surface area contributed by atoms with Crippen molar-refractivity contribution in [3.63, 3.8) is 0 Å². The summed E-state index contributed by atoms with van der Waals surface area (Å²) in [6.07, 6.45) is 0.983. The molecular weight excluding hydrogens is 248 g/mol. The first-order valence-electron chi connectivity index (χ1n) is 6.15. The number of benzene rings is 1. The summed E-state index contributed by atoms with van der Waals surface area (Å²) in [5.41, 5.74) is 1.85. The maximum atomic E-state index is 11.3. The summed E-state index contributed by atoms with van der Waals surface area (Å²) < 4.78 is 22.7. The third-order valence-corrected chi connectivity index (χ3v) is 4.03. The fourth-order valence-corrected chi connectivity index (χ4v) is 2.41. The van der Waals surface area contributed by atoms with E-state index in [0.29, 0.717) is 12.0 Å². The lowest BCUT2D eigenvalue weighted by atomic mass is 10.0. The van der Waals surface area contributed by atoms with Gasteiger partial charge in [-0.2, -0.15) is 0 Å². The lowest BCUT2D eigenvalue weighted by Crippen LogP contribution is -2.25. The zero-order chi connectivity index (χ0) is 13.9. The van der Waals surface area contributed by atoms with Gasteiger partial charge in [0.1, 0.15) is 0 Å². The average molecular weight is 270 g/mol. The van der Waals surface area contributed by atoms with E-state index in [4.69, 9.17) is 5.14 Å². The summed E-state index contributed by atoms with van der Waals surface area (Å²) in [6.45, 7) is 8.33. The second-order valence-electron chi connectivity index (χ2n) is 4.92. The van der Waals surface area contributed by atoms with Crippen molar-refractivity contribution in [2.45, 2.75) is 45.1 Å². The zero-order valence-corrected chi connectivity index (χ0v) is 12.2. The molecule has 0 aliphatic carbocycles. The zero-order valence-electron chi connectivity index (χ0n) is 11.4. The Morgan fingerprint density at radius 1 is 1.33 bits per heavy atom. The SMILES string of the molecule is CCC(Nc1cc(S(N)(=O)=O)ccc1C)C(C)C. The molecule has 18 heavy (non-hydrogen) atoms. The predicted molar refractivity (Wildman–Crippen MR) is 75.1 cm³/mol.